The van der Waals surface area contributed by atoms with Gasteiger partial charge in [0.15, 0.2) is 0 Å². The highest BCUT2D eigenvalue weighted by Gasteiger charge is 2.12. The van der Waals surface area contributed by atoms with E-state index in [-0.39, 0.29) is 13.0 Å². The third-order valence-electron chi connectivity index (χ3n) is 2.95. The molecule has 0 saturated heterocycles. The van der Waals surface area contributed by atoms with Crippen molar-refractivity contribution in [2.24, 2.45) is 0 Å². The number of aliphatic hydroxyl groups excluding tert-OH is 1. The lowest BCUT2D eigenvalue weighted by molar-refractivity contribution is -0.136. The lowest BCUT2D eigenvalue weighted by Crippen LogP contribution is -2.33. The Morgan fingerprint density at radius 3 is 2.39 bits per heavy atom. The van der Waals surface area contributed by atoms with Crippen molar-refractivity contribution in [3.05, 3.63) is 35.4 Å². The van der Waals surface area contributed by atoms with Gasteiger partial charge in [-0.2, -0.15) is 0 Å². The minimum atomic E-state index is -0.819. The first-order valence-corrected chi connectivity index (χ1v) is 6.18. The van der Waals surface area contributed by atoms with Gasteiger partial charge >= 0.3 is 5.97 Å². The molecule has 0 bridgehead atoms. The van der Waals surface area contributed by atoms with E-state index in [0.717, 1.165) is 11.1 Å². The highest BCUT2D eigenvalue weighted by atomic mass is 16.4. The Hall–Kier alpha value is -1.39. The molecule has 0 saturated carbocycles. The number of hydrogen-bond acceptors (Lipinski definition) is 3. The second-order valence-electron chi connectivity index (χ2n) is 4.63. The number of carboxylic acids is 1. The maximum absolute atomic E-state index is 10.8. The van der Waals surface area contributed by atoms with Crippen LogP contribution in [-0.4, -0.2) is 40.3 Å². The summed E-state index contributed by atoms with van der Waals surface area (Å²) in [6.45, 7) is 5.50. The van der Waals surface area contributed by atoms with Gasteiger partial charge in [-0.25, -0.2) is 0 Å². The third-order valence-corrected chi connectivity index (χ3v) is 2.95. The zero-order chi connectivity index (χ0) is 13.5. The van der Waals surface area contributed by atoms with Gasteiger partial charge in [0.05, 0.1) is 13.0 Å². The second kappa shape index (κ2) is 7.13. The highest BCUT2D eigenvalue weighted by molar-refractivity contribution is 5.70. The molecule has 0 aliphatic heterocycles. The molecule has 0 atom stereocenters. The van der Waals surface area contributed by atoms with Gasteiger partial charge in [-0.3, -0.25) is 9.69 Å². The number of carbonyl (C=O) groups is 1. The molecule has 1 rings (SSSR count). The fourth-order valence-corrected chi connectivity index (χ4v) is 1.91. The van der Waals surface area contributed by atoms with Crippen molar-refractivity contribution >= 4 is 5.97 Å². The predicted octanol–water partition coefficient (Wildman–Crippen LogP) is 1.52. The Kier molecular flexibility index (Phi) is 5.82. The summed E-state index contributed by atoms with van der Waals surface area (Å²) in [5, 5.41) is 17.9. The van der Waals surface area contributed by atoms with Crippen LogP contribution in [-0.2, 0) is 17.8 Å². The smallest absolute Gasteiger partial charge is 0.307 e. The maximum Gasteiger partial charge on any atom is 0.307 e. The molecule has 2 N–H and O–H groups in total. The van der Waals surface area contributed by atoms with Gasteiger partial charge in [-0.05, 0) is 25.0 Å². The van der Waals surface area contributed by atoms with Crippen LogP contribution in [0.3, 0.4) is 0 Å². The number of aliphatic carboxylic acids is 1. The lowest BCUT2D eigenvalue weighted by Gasteiger charge is -2.26. The Balaban J connectivity index is 2.84. The van der Waals surface area contributed by atoms with Crippen molar-refractivity contribution in [2.75, 3.05) is 13.2 Å². The van der Waals surface area contributed by atoms with Crippen molar-refractivity contribution in [3.8, 4) is 0 Å². The van der Waals surface area contributed by atoms with Gasteiger partial charge < -0.3 is 10.2 Å². The predicted molar refractivity (Wildman–Crippen MR) is 70.4 cm³/mol. The quantitative estimate of drug-likeness (QED) is 0.771. The molecule has 0 spiro atoms. The van der Waals surface area contributed by atoms with Crippen LogP contribution in [0.25, 0.3) is 0 Å². The monoisotopic (exact) mass is 251 g/mol. The van der Waals surface area contributed by atoms with Crippen LogP contribution in [0.1, 0.15) is 25.0 Å². The summed E-state index contributed by atoms with van der Waals surface area (Å²) in [5.74, 6) is -0.819. The summed E-state index contributed by atoms with van der Waals surface area (Å²) >= 11 is 0. The molecule has 0 heterocycles. The molecule has 1 aromatic carbocycles. The lowest BCUT2D eigenvalue weighted by atomic mass is 10.0. The molecule has 0 radical (unpaired) electrons. The number of benzene rings is 1. The molecule has 4 nitrogen and oxygen atoms in total. The van der Waals surface area contributed by atoms with Gasteiger partial charge in [-0.15, -0.1) is 0 Å². The van der Waals surface area contributed by atoms with E-state index < -0.39 is 5.97 Å². The Morgan fingerprint density at radius 2 is 1.89 bits per heavy atom. The molecule has 0 unspecified atom stereocenters. The average Bonchev–Trinajstić information content (AvgIpc) is 2.30. The number of rotatable bonds is 7. The van der Waals surface area contributed by atoms with Crippen LogP contribution < -0.4 is 0 Å². The number of nitrogens with zero attached hydrogens (tertiary/aromatic N) is 1. The first-order valence-electron chi connectivity index (χ1n) is 6.18. The SMILES string of the molecule is CC(C)N(CCO)Cc1ccccc1CC(=O)O. The van der Waals surface area contributed by atoms with E-state index in [1.54, 1.807) is 0 Å². The molecule has 0 aliphatic carbocycles. The van der Waals surface area contributed by atoms with Gasteiger partial charge in [0.2, 0.25) is 0 Å². The molecule has 100 valence electrons. The summed E-state index contributed by atoms with van der Waals surface area (Å²) in [6, 6.07) is 7.88. The maximum atomic E-state index is 10.8. The fourth-order valence-electron chi connectivity index (χ4n) is 1.91. The molecule has 0 fully saturated rings. The number of aliphatic hydroxyl groups is 1. The average molecular weight is 251 g/mol. The second-order valence-corrected chi connectivity index (χ2v) is 4.63. The van der Waals surface area contributed by atoms with E-state index in [9.17, 15) is 4.79 Å². The van der Waals surface area contributed by atoms with E-state index in [1.807, 2.05) is 24.3 Å². The van der Waals surface area contributed by atoms with Crippen molar-refractivity contribution in [2.45, 2.75) is 32.9 Å². The fraction of sp³-hybridized carbons (Fsp3) is 0.500. The van der Waals surface area contributed by atoms with Gasteiger partial charge in [0.25, 0.3) is 0 Å². The summed E-state index contributed by atoms with van der Waals surface area (Å²) in [6.07, 6.45) is 0.0429. The first kappa shape index (κ1) is 14.7. The largest absolute Gasteiger partial charge is 0.481 e. The van der Waals surface area contributed by atoms with Gasteiger partial charge in [0.1, 0.15) is 0 Å². The third kappa shape index (κ3) is 4.47. The molecule has 0 aromatic heterocycles. The topological polar surface area (TPSA) is 60.8 Å². The zero-order valence-electron chi connectivity index (χ0n) is 11.0. The van der Waals surface area contributed by atoms with E-state index in [4.69, 9.17) is 10.2 Å². The van der Waals surface area contributed by atoms with Crippen molar-refractivity contribution in [3.63, 3.8) is 0 Å². The van der Waals surface area contributed by atoms with Crippen molar-refractivity contribution in [1.29, 1.82) is 0 Å². The van der Waals surface area contributed by atoms with E-state index in [1.165, 1.54) is 0 Å². The summed E-state index contributed by atoms with van der Waals surface area (Å²) in [4.78, 5) is 12.9. The molecule has 1 aromatic rings. The van der Waals surface area contributed by atoms with E-state index >= 15 is 0 Å². The first-order chi connectivity index (χ1) is 8.54. The van der Waals surface area contributed by atoms with Gasteiger partial charge in [0, 0.05) is 19.1 Å². The molecular weight excluding hydrogens is 230 g/mol. The van der Waals surface area contributed by atoms with Gasteiger partial charge in [-0.1, -0.05) is 24.3 Å². The summed E-state index contributed by atoms with van der Waals surface area (Å²) < 4.78 is 0. The van der Waals surface area contributed by atoms with Crippen LogP contribution >= 0.6 is 0 Å². The Morgan fingerprint density at radius 1 is 1.28 bits per heavy atom. The standard InChI is InChI=1S/C14H21NO3/c1-11(2)15(7-8-16)10-13-6-4-3-5-12(13)9-14(17)18/h3-6,11,16H,7-10H2,1-2H3,(H,17,18). The van der Waals surface area contributed by atoms with Crippen LogP contribution in [0.15, 0.2) is 24.3 Å². The number of hydrogen-bond donors (Lipinski definition) is 2. The van der Waals surface area contributed by atoms with Crippen molar-refractivity contribution < 1.29 is 15.0 Å². The zero-order valence-corrected chi connectivity index (χ0v) is 11.0. The molecule has 0 aliphatic rings. The Labute approximate surface area is 108 Å². The summed E-state index contributed by atoms with van der Waals surface area (Å²) in [5.41, 5.74) is 1.86. The van der Waals surface area contributed by atoms with Crippen molar-refractivity contribution in [1.82, 2.24) is 4.90 Å². The van der Waals surface area contributed by atoms with Crippen LogP contribution in [0, 0.1) is 0 Å². The minimum Gasteiger partial charge on any atom is -0.481 e. The molecule has 4 heteroatoms. The van der Waals surface area contributed by atoms with Crippen LogP contribution in [0.5, 0.6) is 0 Å². The Bertz CT molecular complexity index is 390. The molecule has 0 amide bonds. The van der Waals surface area contributed by atoms with Crippen LogP contribution in [0.4, 0.5) is 0 Å². The molecule has 18 heavy (non-hydrogen) atoms. The minimum absolute atomic E-state index is 0.0429. The van der Waals surface area contributed by atoms with Crippen LogP contribution in [0.2, 0.25) is 0 Å². The molecular formula is C14H21NO3. The summed E-state index contributed by atoms with van der Waals surface area (Å²) in [7, 11) is 0. The number of carboxylic acid groups (broad SMARTS) is 1. The normalized spacial score (nSPS) is 11.2. The van der Waals surface area contributed by atoms with E-state index in [2.05, 4.69) is 18.7 Å². The highest BCUT2D eigenvalue weighted by Crippen LogP contribution is 2.14. The van der Waals surface area contributed by atoms with E-state index in [0.29, 0.717) is 19.1 Å².